The number of ether oxygens (including phenoxy) is 1. The van der Waals surface area contributed by atoms with Crippen LogP contribution < -0.4 is 9.46 Å². The van der Waals surface area contributed by atoms with E-state index in [9.17, 15) is 26.0 Å². The van der Waals surface area contributed by atoms with Gasteiger partial charge in [0, 0.05) is 6.54 Å². The highest BCUT2D eigenvalue weighted by molar-refractivity contribution is 7.89. The highest BCUT2D eigenvalue weighted by Crippen LogP contribution is 2.23. The van der Waals surface area contributed by atoms with Crippen molar-refractivity contribution in [3.63, 3.8) is 0 Å². The van der Waals surface area contributed by atoms with Gasteiger partial charge in [-0.05, 0) is 42.3 Å². The summed E-state index contributed by atoms with van der Waals surface area (Å²) in [5, 5.41) is 0. The minimum absolute atomic E-state index is 0.0515. The fourth-order valence-electron chi connectivity index (χ4n) is 1.93. The Morgan fingerprint density at radius 2 is 1.62 bits per heavy atom. The van der Waals surface area contributed by atoms with Crippen molar-refractivity contribution in [2.75, 3.05) is 6.54 Å². The molecule has 2 aromatic rings. The molecule has 0 radical (unpaired) electrons. The van der Waals surface area contributed by atoms with Crippen molar-refractivity contribution in [1.82, 2.24) is 4.72 Å². The molecular formula is C15H13F4NO3S. The van der Waals surface area contributed by atoms with Gasteiger partial charge in [-0.15, -0.1) is 13.2 Å². The summed E-state index contributed by atoms with van der Waals surface area (Å²) in [6, 6.07) is 9.74. The van der Waals surface area contributed by atoms with Crippen molar-refractivity contribution >= 4 is 10.0 Å². The van der Waals surface area contributed by atoms with Crippen LogP contribution in [0.25, 0.3) is 0 Å². The van der Waals surface area contributed by atoms with E-state index >= 15 is 0 Å². The number of benzene rings is 2. The Kier molecular flexibility index (Phi) is 5.45. The summed E-state index contributed by atoms with van der Waals surface area (Å²) in [6.07, 6.45) is -4.71. The minimum Gasteiger partial charge on any atom is -0.406 e. The molecule has 9 heteroatoms. The van der Waals surface area contributed by atoms with Gasteiger partial charge in [0.05, 0.1) is 4.90 Å². The van der Waals surface area contributed by atoms with E-state index in [1.54, 1.807) is 6.07 Å². The zero-order chi connectivity index (χ0) is 17.8. The highest BCUT2D eigenvalue weighted by Gasteiger charge is 2.31. The molecule has 0 bridgehead atoms. The molecule has 130 valence electrons. The van der Waals surface area contributed by atoms with Crippen molar-refractivity contribution in [2.24, 2.45) is 0 Å². The van der Waals surface area contributed by atoms with Gasteiger partial charge in [0.25, 0.3) is 0 Å². The molecule has 0 saturated heterocycles. The topological polar surface area (TPSA) is 55.4 Å². The Bertz CT molecular complexity index is 789. The first-order valence-corrected chi connectivity index (χ1v) is 8.24. The average molecular weight is 363 g/mol. The van der Waals surface area contributed by atoms with Gasteiger partial charge >= 0.3 is 6.36 Å². The smallest absolute Gasteiger partial charge is 0.406 e. The molecule has 0 spiro atoms. The maximum Gasteiger partial charge on any atom is 0.573 e. The summed E-state index contributed by atoms with van der Waals surface area (Å²) in [4.78, 5) is -0.217. The fourth-order valence-corrected chi connectivity index (χ4v) is 2.96. The van der Waals surface area contributed by atoms with E-state index in [1.165, 1.54) is 18.2 Å². The van der Waals surface area contributed by atoms with Crippen molar-refractivity contribution in [3.05, 3.63) is 59.9 Å². The summed E-state index contributed by atoms with van der Waals surface area (Å²) in [5.74, 6) is -0.960. The molecule has 1 N–H and O–H groups in total. The predicted molar refractivity (Wildman–Crippen MR) is 78.4 cm³/mol. The van der Waals surface area contributed by atoms with Crippen molar-refractivity contribution in [3.8, 4) is 5.75 Å². The van der Waals surface area contributed by atoms with E-state index in [4.69, 9.17) is 0 Å². The zero-order valence-electron chi connectivity index (χ0n) is 12.2. The van der Waals surface area contributed by atoms with Gasteiger partial charge in [0.2, 0.25) is 10.0 Å². The number of rotatable bonds is 6. The Labute approximate surface area is 136 Å². The van der Waals surface area contributed by atoms with Crippen molar-refractivity contribution in [1.29, 1.82) is 0 Å². The summed E-state index contributed by atoms with van der Waals surface area (Å²) in [7, 11) is -3.91. The molecule has 0 amide bonds. The molecule has 0 aliphatic heterocycles. The first-order valence-electron chi connectivity index (χ1n) is 6.76. The number of alkyl halides is 3. The van der Waals surface area contributed by atoms with Crippen LogP contribution in [0.2, 0.25) is 0 Å². The van der Waals surface area contributed by atoms with Crippen LogP contribution in [0.4, 0.5) is 17.6 Å². The van der Waals surface area contributed by atoms with Crippen LogP contribution in [-0.4, -0.2) is 21.3 Å². The molecule has 0 saturated carbocycles. The van der Waals surface area contributed by atoms with Crippen LogP contribution in [0.5, 0.6) is 5.75 Å². The Balaban J connectivity index is 1.99. The maximum atomic E-state index is 13.4. The molecule has 24 heavy (non-hydrogen) atoms. The molecule has 4 nitrogen and oxygen atoms in total. The Morgan fingerprint density at radius 3 is 2.21 bits per heavy atom. The van der Waals surface area contributed by atoms with Crippen molar-refractivity contribution in [2.45, 2.75) is 17.7 Å². The van der Waals surface area contributed by atoms with Crippen LogP contribution in [0.15, 0.2) is 53.4 Å². The number of hydrogen-bond donors (Lipinski definition) is 1. The van der Waals surface area contributed by atoms with E-state index in [0.717, 1.165) is 24.3 Å². The minimum atomic E-state index is -4.85. The van der Waals surface area contributed by atoms with Gasteiger partial charge in [-0.2, -0.15) is 0 Å². The summed E-state index contributed by atoms with van der Waals surface area (Å²) in [5.41, 5.74) is 0.356. The number of halogens is 4. The lowest BCUT2D eigenvalue weighted by Crippen LogP contribution is -2.26. The first kappa shape index (κ1) is 18.2. The summed E-state index contributed by atoms with van der Waals surface area (Å²) >= 11 is 0. The van der Waals surface area contributed by atoms with E-state index in [1.807, 2.05) is 0 Å². The van der Waals surface area contributed by atoms with Gasteiger partial charge in [0.15, 0.2) is 0 Å². The quantitative estimate of drug-likeness (QED) is 0.802. The molecule has 0 fully saturated rings. The average Bonchev–Trinajstić information content (AvgIpc) is 2.48. The molecule has 0 aromatic heterocycles. The fraction of sp³-hybridized carbons (Fsp3) is 0.200. The van der Waals surface area contributed by atoms with Crippen LogP contribution in [0.3, 0.4) is 0 Å². The molecule has 0 heterocycles. The monoisotopic (exact) mass is 363 g/mol. The van der Waals surface area contributed by atoms with Gasteiger partial charge in [-0.1, -0.05) is 18.2 Å². The van der Waals surface area contributed by atoms with E-state index in [-0.39, 0.29) is 17.9 Å². The molecule has 0 aliphatic carbocycles. The second-order valence-corrected chi connectivity index (χ2v) is 6.53. The first-order chi connectivity index (χ1) is 11.2. The second kappa shape index (κ2) is 7.18. The van der Waals surface area contributed by atoms with Crippen LogP contribution in [0, 0.1) is 5.82 Å². The maximum absolute atomic E-state index is 13.4. The summed E-state index contributed by atoms with van der Waals surface area (Å²) in [6.45, 7) is -0.0515. The second-order valence-electron chi connectivity index (χ2n) is 4.76. The molecule has 0 atom stereocenters. The number of hydrogen-bond acceptors (Lipinski definition) is 3. The normalized spacial score (nSPS) is 12.2. The molecular weight excluding hydrogens is 350 g/mol. The van der Waals surface area contributed by atoms with E-state index < -0.39 is 28.0 Å². The Hall–Kier alpha value is -2.13. The van der Waals surface area contributed by atoms with E-state index in [2.05, 4.69) is 9.46 Å². The zero-order valence-corrected chi connectivity index (χ0v) is 13.0. The van der Waals surface area contributed by atoms with Gasteiger partial charge in [-0.3, -0.25) is 0 Å². The molecule has 0 aliphatic rings. The standard InChI is InChI=1S/C15H13F4NO3S/c16-14-4-2-1-3-11(14)9-10-20-24(21,22)13-7-5-12(6-8-13)23-15(17,18)19/h1-8,20H,9-10H2. The lowest BCUT2D eigenvalue weighted by atomic mass is 10.1. The van der Waals surface area contributed by atoms with Crippen LogP contribution in [-0.2, 0) is 16.4 Å². The van der Waals surface area contributed by atoms with Gasteiger partial charge in [-0.25, -0.2) is 17.5 Å². The third kappa shape index (κ3) is 5.20. The van der Waals surface area contributed by atoms with E-state index in [0.29, 0.717) is 5.56 Å². The molecule has 2 aromatic carbocycles. The predicted octanol–water partition coefficient (Wildman–Crippen LogP) is 3.25. The third-order valence-corrected chi connectivity index (χ3v) is 4.49. The Morgan fingerprint density at radius 1 is 1.00 bits per heavy atom. The van der Waals surface area contributed by atoms with Crippen LogP contribution >= 0.6 is 0 Å². The number of sulfonamides is 1. The lowest BCUT2D eigenvalue weighted by Gasteiger charge is -2.10. The third-order valence-electron chi connectivity index (χ3n) is 3.01. The lowest BCUT2D eigenvalue weighted by molar-refractivity contribution is -0.274. The molecule has 2 rings (SSSR count). The largest absolute Gasteiger partial charge is 0.573 e. The highest BCUT2D eigenvalue weighted by atomic mass is 32.2. The summed E-state index contributed by atoms with van der Waals surface area (Å²) < 4.78 is 79.6. The van der Waals surface area contributed by atoms with Crippen LogP contribution in [0.1, 0.15) is 5.56 Å². The molecule has 0 unspecified atom stereocenters. The van der Waals surface area contributed by atoms with Gasteiger partial charge < -0.3 is 4.74 Å². The van der Waals surface area contributed by atoms with Gasteiger partial charge in [0.1, 0.15) is 11.6 Å². The number of nitrogens with one attached hydrogen (secondary N) is 1. The van der Waals surface area contributed by atoms with Crippen molar-refractivity contribution < 1.29 is 30.7 Å². The SMILES string of the molecule is O=S(=O)(NCCc1ccccc1F)c1ccc(OC(F)(F)F)cc1.